The van der Waals surface area contributed by atoms with Gasteiger partial charge in [0.1, 0.15) is 11.9 Å². The minimum absolute atomic E-state index is 0.0978. The van der Waals surface area contributed by atoms with Gasteiger partial charge in [0.25, 0.3) is 10.0 Å². The summed E-state index contributed by atoms with van der Waals surface area (Å²) in [5.41, 5.74) is 1.04. The van der Waals surface area contributed by atoms with E-state index in [2.05, 4.69) is 5.32 Å². The number of benzene rings is 2. The number of carboxylic acid groups (broad SMARTS) is 1. The molecule has 0 saturated heterocycles. The molecule has 7 nitrogen and oxygen atoms in total. The Morgan fingerprint density at radius 3 is 2.50 bits per heavy atom. The van der Waals surface area contributed by atoms with Crippen LogP contribution in [0.5, 0.6) is 0 Å². The normalized spacial score (nSPS) is 11.0. The number of aromatic nitrogens is 1. The first-order chi connectivity index (χ1) is 13.3. The smallest absolute Gasteiger partial charge is 0.404 e. The molecule has 0 saturated carbocycles. The maximum absolute atomic E-state index is 14.0. The quantitative estimate of drug-likeness (QED) is 0.684. The first-order valence-corrected chi connectivity index (χ1v) is 9.45. The molecule has 3 aromatic rings. The van der Waals surface area contributed by atoms with Crippen LogP contribution >= 0.6 is 0 Å². The number of nitriles is 1. The van der Waals surface area contributed by atoms with Crippen LogP contribution < -0.4 is 5.32 Å². The van der Waals surface area contributed by atoms with Crippen molar-refractivity contribution in [2.45, 2.75) is 11.4 Å². The number of nitrogens with one attached hydrogen (secondary N) is 1. The topological polar surface area (TPSA) is 112 Å². The van der Waals surface area contributed by atoms with Crippen LogP contribution in [0.2, 0.25) is 0 Å². The summed E-state index contributed by atoms with van der Waals surface area (Å²) in [6.07, 6.45) is 0.0370. The lowest BCUT2D eigenvalue weighted by molar-refractivity contribution is 0.194. The monoisotopic (exact) mass is 399 g/mol. The summed E-state index contributed by atoms with van der Waals surface area (Å²) >= 11 is 0. The Balaban J connectivity index is 2.14. The molecule has 0 atom stereocenters. The second kappa shape index (κ2) is 7.54. The molecule has 2 N–H and O–H groups in total. The Morgan fingerprint density at radius 1 is 1.18 bits per heavy atom. The number of carbonyl (C=O) groups is 1. The Labute approximate surface area is 160 Å². The number of rotatable bonds is 5. The fourth-order valence-corrected chi connectivity index (χ4v) is 4.06. The van der Waals surface area contributed by atoms with Crippen LogP contribution in [-0.2, 0) is 16.6 Å². The minimum Gasteiger partial charge on any atom is -0.465 e. The van der Waals surface area contributed by atoms with E-state index >= 15 is 0 Å². The van der Waals surface area contributed by atoms with Crippen molar-refractivity contribution in [2.24, 2.45) is 0 Å². The van der Waals surface area contributed by atoms with E-state index < -0.39 is 21.9 Å². The Bertz CT molecular complexity index is 1180. The average Bonchev–Trinajstić information content (AvgIpc) is 3.12. The Morgan fingerprint density at radius 2 is 1.89 bits per heavy atom. The van der Waals surface area contributed by atoms with Crippen molar-refractivity contribution in [3.63, 3.8) is 0 Å². The summed E-state index contributed by atoms with van der Waals surface area (Å²) in [5.74, 6) is -0.940. The molecular formula is C19H14FN3O4S. The van der Waals surface area contributed by atoms with Gasteiger partial charge < -0.3 is 10.4 Å². The van der Waals surface area contributed by atoms with Crippen LogP contribution in [-0.4, -0.2) is 23.6 Å². The van der Waals surface area contributed by atoms with E-state index in [4.69, 9.17) is 10.4 Å². The van der Waals surface area contributed by atoms with Gasteiger partial charge >= 0.3 is 6.09 Å². The van der Waals surface area contributed by atoms with Crippen molar-refractivity contribution < 1.29 is 22.7 Å². The summed E-state index contributed by atoms with van der Waals surface area (Å²) in [7, 11) is -4.19. The third-order valence-electron chi connectivity index (χ3n) is 3.97. The van der Waals surface area contributed by atoms with Crippen LogP contribution in [0.15, 0.2) is 65.7 Å². The standard InChI is InChI=1S/C19H14FN3O4S/c20-17-9-16(7-6-15(17)10-21)28(26,27)23-12-13(11-22-19(24)25)8-18(23)14-4-2-1-3-5-14/h1-9,12,22H,11H2,(H,24,25). The molecule has 1 heterocycles. The van der Waals surface area contributed by atoms with E-state index in [1.807, 2.05) is 0 Å². The van der Waals surface area contributed by atoms with Crippen molar-refractivity contribution >= 4 is 16.1 Å². The summed E-state index contributed by atoms with van der Waals surface area (Å²) in [4.78, 5) is 10.4. The minimum atomic E-state index is -4.19. The fraction of sp³-hybridized carbons (Fsp3) is 0.0526. The number of amides is 1. The summed E-state index contributed by atoms with van der Waals surface area (Å²) in [6.45, 7) is -0.0978. The largest absolute Gasteiger partial charge is 0.465 e. The van der Waals surface area contributed by atoms with E-state index in [9.17, 15) is 17.6 Å². The van der Waals surface area contributed by atoms with Gasteiger partial charge in [-0.25, -0.2) is 21.6 Å². The molecule has 0 aliphatic carbocycles. The summed E-state index contributed by atoms with van der Waals surface area (Å²) in [5, 5.41) is 19.8. The molecule has 0 spiro atoms. The predicted octanol–water partition coefficient (Wildman–Crippen LogP) is 3.17. The highest BCUT2D eigenvalue weighted by Gasteiger charge is 2.23. The summed E-state index contributed by atoms with van der Waals surface area (Å²) in [6, 6.07) is 14.9. The zero-order valence-electron chi connectivity index (χ0n) is 14.3. The molecule has 3 rings (SSSR count). The lowest BCUT2D eigenvalue weighted by Crippen LogP contribution is -2.19. The van der Waals surface area contributed by atoms with E-state index in [1.165, 1.54) is 6.20 Å². The molecular weight excluding hydrogens is 385 g/mol. The van der Waals surface area contributed by atoms with Crippen LogP contribution in [0.25, 0.3) is 11.3 Å². The van der Waals surface area contributed by atoms with Gasteiger partial charge in [-0.15, -0.1) is 0 Å². The van der Waals surface area contributed by atoms with Crippen molar-refractivity contribution in [3.05, 3.63) is 77.7 Å². The van der Waals surface area contributed by atoms with E-state index in [1.54, 1.807) is 42.5 Å². The van der Waals surface area contributed by atoms with Crippen molar-refractivity contribution in [2.75, 3.05) is 0 Å². The zero-order valence-corrected chi connectivity index (χ0v) is 15.1. The Kier molecular flexibility index (Phi) is 5.15. The molecule has 28 heavy (non-hydrogen) atoms. The molecule has 0 radical (unpaired) electrons. The van der Waals surface area contributed by atoms with Gasteiger partial charge in [0.2, 0.25) is 0 Å². The SMILES string of the molecule is N#Cc1ccc(S(=O)(=O)n2cc(CNC(=O)O)cc2-c2ccccc2)cc1F. The van der Waals surface area contributed by atoms with E-state index in [0.29, 0.717) is 16.8 Å². The molecule has 0 aliphatic rings. The Hall–Kier alpha value is -3.64. The second-order valence-electron chi connectivity index (χ2n) is 5.81. The number of halogens is 1. The van der Waals surface area contributed by atoms with Gasteiger partial charge in [-0.1, -0.05) is 30.3 Å². The second-order valence-corrected chi connectivity index (χ2v) is 7.63. The average molecular weight is 399 g/mol. The van der Waals surface area contributed by atoms with Crippen LogP contribution in [0, 0.1) is 17.1 Å². The van der Waals surface area contributed by atoms with Crippen molar-refractivity contribution in [1.29, 1.82) is 5.26 Å². The fourth-order valence-electron chi connectivity index (χ4n) is 2.65. The third-order valence-corrected chi connectivity index (χ3v) is 5.64. The van der Waals surface area contributed by atoms with Gasteiger partial charge in [-0.2, -0.15) is 5.26 Å². The third kappa shape index (κ3) is 3.72. The number of hydrogen-bond donors (Lipinski definition) is 2. The maximum Gasteiger partial charge on any atom is 0.404 e. The van der Waals surface area contributed by atoms with Gasteiger partial charge in [0.15, 0.2) is 0 Å². The van der Waals surface area contributed by atoms with Gasteiger partial charge in [0.05, 0.1) is 16.2 Å². The predicted molar refractivity (Wildman–Crippen MR) is 98.4 cm³/mol. The van der Waals surface area contributed by atoms with Gasteiger partial charge in [0, 0.05) is 12.7 Å². The highest BCUT2D eigenvalue weighted by atomic mass is 32.2. The molecule has 0 fully saturated rings. The first-order valence-electron chi connectivity index (χ1n) is 8.01. The lowest BCUT2D eigenvalue weighted by atomic mass is 10.1. The van der Waals surface area contributed by atoms with Crippen LogP contribution in [0.4, 0.5) is 9.18 Å². The molecule has 0 unspecified atom stereocenters. The molecule has 0 bridgehead atoms. The van der Waals surface area contributed by atoms with Crippen molar-refractivity contribution in [1.82, 2.24) is 9.29 Å². The molecule has 1 aromatic heterocycles. The number of hydrogen-bond acceptors (Lipinski definition) is 4. The van der Waals surface area contributed by atoms with Crippen LogP contribution in [0.1, 0.15) is 11.1 Å². The van der Waals surface area contributed by atoms with E-state index in [-0.39, 0.29) is 17.0 Å². The van der Waals surface area contributed by atoms with E-state index in [0.717, 1.165) is 22.2 Å². The lowest BCUT2D eigenvalue weighted by Gasteiger charge is -2.11. The van der Waals surface area contributed by atoms with Gasteiger partial charge in [-0.05, 0) is 35.4 Å². The molecule has 9 heteroatoms. The van der Waals surface area contributed by atoms with Crippen LogP contribution in [0.3, 0.4) is 0 Å². The van der Waals surface area contributed by atoms with Gasteiger partial charge in [-0.3, -0.25) is 0 Å². The summed E-state index contributed by atoms with van der Waals surface area (Å²) < 4.78 is 41.2. The molecule has 2 aromatic carbocycles. The molecule has 0 aliphatic heterocycles. The first kappa shape index (κ1) is 19.1. The maximum atomic E-state index is 14.0. The molecule has 142 valence electrons. The highest BCUT2D eigenvalue weighted by Crippen LogP contribution is 2.27. The van der Waals surface area contributed by atoms with Crippen molar-refractivity contribution in [3.8, 4) is 17.3 Å². The number of nitrogens with zero attached hydrogens (tertiary/aromatic N) is 2. The molecule has 1 amide bonds. The highest BCUT2D eigenvalue weighted by molar-refractivity contribution is 7.90. The zero-order chi connectivity index (χ0) is 20.3.